The Morgan fingerprint density at radius 2 is 1.56 bits per heavy atom. The van der Waals surface area contributed by atoms with Crippen LogP contribution >= 0.6 is 0 Å². The lowest BCUT2D eigenvalue weighted by atomic mass is 10.0. The number of pyridine rings is 1. The van der Waals surface area contributed by atoms with Gasteiger partial charge in [0.05, 0.1) is 17.0 Å². The van der Waals surface area contributed by atoms with Gasteiger partial charge in [0.1, 0.15) is 0 Å². The van der Waals surface area contributed by atoms with Gasteiger partial charge in [0, 0.05) is 23.9 Å². The Labute approximate surface area is 158 Å². The molecule has 2 N–H and O–H groups in total. The topological polar surface area (TPSA) is 71.1 Å². The Balaban J connectivity index is 1.86. The van der Waals surface area contributed by atoms with Crippen LogP contribution in [0.1, 0.15) is 32.0 Å². The molecule has 2 aromatic carbocycles. The Morgan fingerprint density at radius 1 is 0.815 bits per heavy atom. The fourth-order valence-corrected chi connectivity index (χ4v) is 2.91. The highest BCUT2D eigenvalue weighted by Gasteiger charge is 2.15. The van der Waals surface area contributed by atoms with Crippen LogP contribution in [0, 0.1) is 13.8 Å². The van der Waals surface area contributed by atoms with Crippen molar-refractivity contribution in [1.82, 2.24) is 10.3 Å². The maximum atomic E-state index is 12.7. The molecule has 2 amide bonds. The molecule has 0 saturated heterocycles. The van der Waals surface area contributed by atoms with Gasteiger partial charge in [-0.2, -0.15) is 0 Å². The van der Waals surface area contributed by atoms with Crippen molar-refractivity contribution in [2.75, 3.05) is 12.4 Å². The third kappa shape index (κ3) is 3.87. The van der Waals surface area contributed by atoms with Gasteiger partial charge >= 0.3 is 0 Å². The molecule has 5 nitrogen and oxygen atoms in total. The van der Waals surface area contributed by atoms with E-state index in [1.54, 1.807) is 31.3 Å². The third-order valence-electron chi connectivity index (χ3n) is 4.45. The number of nitrogens with one attached hydrogen (secondary N) is 2. The van der Waals surface area contributed by atoms with Crippen molar-refractivity contribution < 1.29 is 9.59 Å². The highest BCUT2D eigenvalue weighted by molar-refractivity contribution is 6.06. The molecule has 27 heavy (non-hydrogen) atoms. The number of rotatable bonds is 4. The van der Waals surface area contributed by atoms with Crippen LogP contribution in [0.4, 0.5) is 5.69 Å². The summed E-state index contributed by atoms with van der Waals surface area (Å²) < 4.78 is 0. The molecule has 0 saturated carbocycles. The normalized spacial score (nSPS) is 10.3. The van der Waals surface area contributed by atoms with E-state index in [1.807, 2.05) is 50.2 Å². The average molecular weight is 359 g/mol. The summed E-state index contributed by atoms with van der Waals surface area (Å²) >= 11 is 0. The standard InChI is InChI=1S/C22H21N3O2/c1-14-17(21(26)23-3)10-7-11-19(14)25-22(27)18-12-13-20(24-15(18)2)16-8-5-4-6-9-16/h4-13H,1-3H3,(H,23,26)(H,25,27). The molecule has 0 radical (unpaired) electrons. The van der Waals surface area contributed by atoms with E-state index in [2.05, 4.69) is 15.6 Å². The van der Waals surface area contributed by atoms with E-state index in [-0.39, 0.29) is 11.8 Å². The monoisotopic (exact) mass is 359 g/mol. The number of amides is 2. The van der Waals surface area contributed by atoms with Crippen LogP contribution in [0.2, 0.25) is 0 Å². The molecule has 0 unspecified atom stereocenters. The van der Waals surface area contributed by atoms with Gasteiger partial charge in [-0.05, 0) is 43.7 Å². The molecule has 5 heteroatoms. The predicted octanol–water partition coefficient (Wildman–Crippen LogP) is 3.98. The number of benzene rings is 2. The van der Waals surface area contributed by atoms with Crippen LogP contribution < -0.4 is 10.6 Å². The number of anilines is 1. The smallest absolute Gasteiger partial charge is 0.257 e. The Morgan fingerprint density at radius 3 is 2.22 bits per heavy atom. The Bertz CT molecular complexity index is 998. The van der Waals surface area contributed by atoms with Crippen LogP contribution in [0.5, 0.6) is 0 Å². The molecular formula is C22H21N3O2. The van der Waals surface area contributed by atoms with Crippen LogP contribution in [0.15, 0.2) is 60.7 Å². The van der Waals surface area contributed by atoms with Gasteiger partial charge in [0.15, 0.2) is 0 Å². The zero-order chi connectivity index (χ0) is 19.4. The van der Waals surface area contributed by atoms with Gasteiger partial charge in [-0.15, -0.1) is 0 Å². The van der Waals surface area contributed by atoms with Crippen LogP contribution in [0.25, 0.3) is 11.3 Å². The molecule has 3 aromatic rings. The van der Waals surface area contributed by atoms with Gasteiger partial charge in [0.25, 0.3) is 11.8 Å². The first kappa shape index (κ1) is 18.3. The van der Waals surface area contributed by atoms with Crippen molar-refractivity contribution in [1.29, 1.82) is 0 Å². The fourth-order valence-electron chi connectivity index (χ4n) is 2.91. The summed E-state index contributed by atoms with van der Waals surface area (Å²) in [4.78, 5) is 29.2. The highest BCUT2D eigenvalue weighted by atomic mass is 16.2. The zero-order valence-corrected chi connectivity index (χ0v) is 15.5. The molecule has 136 valence electrons. The molecule has 0 aliphatic carbocycles. The predicted molar refractivity (Wildman–Crippen MR) is 107 cm³/mol. The minimum absolute atomic E-state index is 0.186. The zero-order valence-electron chi connectivity index (χ0n) is 15.5. The first-order valence-corrected chi connectivity index (χ1v) is 8.67. The van der Waals surface area contributed by atoms with Crippen molar-refractivity contribution in [2.24, 2.45) is 0 Å². The number of carbonyl (C=O) groups is 2. The van der Waals surface area contributed by atoms with Gasteiger partial charge in [-0.3, -0.25) is 14.6 Å². The Kier molecular flexibility index (Phi) is 5.31. The lowest BCUT2D eigenvalue weighted by Gasteiger charge is -2.13. The van der Waals surface area contributed by atoms with Gasteiger partial charge < -0.3 is 10.6 Å². The molecule has 0 aliphatic rings. The van der Waals surface area contributed by atoms with E-state index in [4.69, 9.17) is 0 Å². The van der Waals surface area contributed by atoms with E-state index in [1.165, 1.54) is 0 Å². The summed E-state index contributed by atoms with van der Waals surface area (Å²) in [6.07, 6.45) is 0. The number of aryl methyl sites for hydroxylation is 1. The highest BCUT2D eigenvalue weighted by Crippen LogP contribution is 2.22. The lowest BCUT2D eigenvalue weighted by molar-refractivity contribution is 0.0960. The minimum atomic E-state index is -0.253. The quantitative estimate of drug-likeness (QED) is 0.740. The number of aromatic nitrogens is 1. The lowest BCUT2D eigenvalue weighted by Crippen LogP contribution is -2.20. The van der Waals surface area contributed by atoms with Crippen molar-refractivity contribution in [3.05, 3.63) is 83.0 Å². The second kappa shape index (κ2) is 7.83. The summed E-state index contributed by atoms with van der Waals surface area (Å²) in [5, 5.41) is 5.49. The molecule has 1 heterocycles. The molecule has 0 aliphatic heterocycles. The van der Waals surface area contributed by atoms with Crippen LogP contribution in [0.3, 0.4) is 0 Å². The summed E-state index contributed by atoms with van der Waals surface area (Å²) in [7, 11) is 1.58. The SMILES string of the molecule is CNC(=O)c1cccc(NC(=O)c2ccc(-c3ccccc3)nc2C)c1C. The van der Waals surface area contributed by atoms with E-state index < -0.39 is 0 Å². The number of carbonyl (C=O) groups excluding carboxylic acids is 2. The molecule has 3 rings (SSSR count). The number of hydrogen-bond acceptors (Lipinski definition) is 3. The summed E-state index contributed by atoms with van der Waals surface area (Å²) in [5.41, 5.74) is 4.83. The van der Waals surface area contributed by atoms with E-state index in [0.717, 1.165) is 16.8 Å². The molecule has 0 spiro atoms. The van der Waals surface area contributed by atoms with Crippen LogP contribution in [-0.4, -0.2) is 23.8 Å². The van der Waals surface area contributed by atoms with Crippen molar-refractivity contribution in [3.63, 3.8) is 0 Å². The summed E-state index contributed by atoms with van der Waals surface area (Å²) in [6, 6.07) is 18.7. The second-order valence-corrected chi connectivity index (χ2v) is 6.21. The minimum Gasteiger partial charge on any atom is -0.355 e. The molecular weight excluding hydrogens is 338 g/mol. The van der Waals surface area contributed by atoms with Gasteiger partial charge in [-0.25, -0.2) is 0 Å². The van der Waals surface area contributed by atoms with Gasteiger partial charge in [0.2, 0.25) is 0 Å². The second-order valence-electron chi connectivity index (χ2n) is 6.21. The summed E-state index contributed by atoms with van der Waals surface area (Å²) in [6.45, 7) is 3.62. The maximum absolute atomic E-state index is 12.7. The maximum Gasteiger partial charge on any atom is 0.257 e. The van der Waals surface area contributed by atoms with Crippen molar-refractivity contribution in [2.45, 2.75) is 13.8 Å². The Hall–Kier alpha value is -3.47. The molecule has 1 aromatic heterocycles. The summed E-state index contributed by atoms with van der Waals surface area (Å²) in [5.74, 6) is -0.439. The van der Waals surface area contributed by atoms with Gasteiger partial charge in [-0.1, -0.05) is 36.4 Å². The van der Waals surface area contributed by atoms with E-state index in [0.29, 0.717) is 22.5 Å². The largest absolute Gasteiger partial charge is 0.355 e. The van der Waals surface area contributed by atoms with Crippen LogP contribution in [-0.2, 0) is 0 Å². The fraction of sp³-hybridized carbons (Fsp3) is 0.136. The average Bonchev–Trinajstić information content (AvgIpc) is 2.69. The number of nitrogens with zero attached hydrogens (tertiary/aromatic N) is 1. The third-order valence-corrected chi connectivity index (χ3v) is 4.45. The van der Waals surface area contributed by atoms with E-state index >= 15 is 0 Å². The van der Waals surface area contributed by atoms with E-state index in [9.17, 15) is 9.59 Å². The molecule has 0 bridgehead atoms. The first-order valence-electron chi connectivity index (χ1n) is 8.67. The number of hydrogen-bond donors (Lipinski definition) is 2. The van der Waals surface area contributed by atoms with Crippen molar-refractivity contribution in [3.8, 4) is 11.3 Å². The first-order chi connectivity index (χ1) is 13.0. The molecule has 0 atom stereocenters. The van der Waals surface area contributed by atoms with Crippen molar-refractivity contribution >= 4 is 17.5 Å². The molecule has 0 fully saturated rings.